The number of rotatable bonds is 6. The van der Waals surface area contributed by atoms with Gasteiger partial charge in [0.25, 0.3) is 0 Å². The van der Waals surface area contributed by atoms with Crippen molar-refractivity contribution in [2.45, 2.75) is 51.2 Å². The molecule has 2 aliphatic rings. The first-order valence-corrected chi connectivity index (χ1v) is 7.23. The van der Waals surface area contributed by atoms with E-state index in [1.54, 1.807) is 12.1 Å². The van der Waals surface area contributed by atoms with Crippen LogP contribution in [0.4, 0.5) is 0 Å². The molecule has 1 unspecified atom stereocenters. The number of carboxylic acids is 1. The van der Waals surface area contributed by atoms with Crippen LogP contribution in [0.25, 0.3) is 0 Å². The Kier molecular flexibility index (Phi) is 3.31. The molecule has 0 aliphatic heterocycles. The van der Waals surface area contributed by atoms with Gasteiger partial charge in [-0.15, -0.1) is 0 Å². The van der Waals surface area contributed by atoms with Gasteiger partial charge < -0.3 is 5.11 Å². The molecule has 0 bridgehead atoms. The Morgan fingerprint density at radius 2 is 1.89 bits per heavy atom. The van der Waals surface area contributed by atoms with E-state index in [2.05, 4.69) is 11.8 Å². The maximum Gasteiger partial charge on any atom is 0.335 e. The van der Waals surface area contributed by atoms with Crippen LogP contribution in [0.1, 0.15) is 48.5 Å². The summed E-state index contributed by atoms with van der Waals surface area (Å²) in [6.07, 6.45) is 5.40. The molecule has 2 saturated carbocycles. The number of carbonyl (C=O) groups is 1. The standard InChI is InChI=1S/C16H21NO2/c1-11(13-6-7-13)17(15-8-9-15)10-12-2-4-14(5-3-12)16(18)19/h2-5,11,13,15H,6-10H2,1H3,(H,18,19). The fourth-order valence-electron chi connectivity index (χ4n) is 2.82. The van der Waals surface area contributed by atoms with Gasteiger partial charge in [0.2, 0.25) is 0 Å². The molecular formula is C16H21NO2. The highest BCUT2D eigenvalue weighted by atomic mass is 16.4. The number of carboxylic acid groups (broad SMARTS) is 1. The molecule has 19 heavy (non-hydrogen) atoms. The normalized spacial score (nSPS) is 20.5. The molecule has 0 aromatic heterocycles. The zero-order chi connectivity index (χ0) is 13.4. The van der Waals surface area contributed by atoms with Crippen molar-refractivity contribution in [1.29, 1.82) is 0 Å². The molecule has 0 spiro atoms. The zero-order valence-electron chi connectivity index (χ0n) is 11.4. The Labute approximate surface area is 114 Å². The van der Waals surface area contributed by atoms with E-state index in [0.29, 0.717) is 11.6 Å². The fourth-order valence-corrected chi connectivity index (χ4v) is 2.82. The van der Waals surface area contributed by atoms with Crippen LogP contribution >= 0.6 is 0 Å². The van der Waals surface area contributed by atoms with Gasteiger partial charge in [0.15, 0.2) is 0 Å². The molecule has 1 N–H and O–H groups in total. The molecule has 1 aromatic carbocycles. The summed E-state index contributed by atoms with van der Waals surface area (Å²) in [6.45, 7) is 3.31. The summed E-state index contributed by atoms with van der Waals surface area (Å²) in [4.78, 5) is 13.5. The lowest BCUT2D eigenvalue weighted by Crippen LogP contribution is -2.36. The summed E-state index contributed by atoms with van der Waals surface area (Å²) in [6, 6.07) is 8.77. The highest BCUT2D eigenvalue weighted by Gasteiger charge is 2.38. The monoisotopic (exact) mass is 259 g/mol. The summed E-state index contributed by atoms with van der Waals surface area (Å²) in [5.74, 6) is 0.0378. The second kappa shape index (κ2) is 4.97. The van der Waals surface area contributed by atoms with Crippen LogP contribution in [0.5, 0.6) is 0 Å². The summed E-state index contributed by atoms with van der Waals surface area (Å²) in [5, 5.41) is 8.91. The van der Waals surface area contributed by atoms with Crippen molar-refractivity contribution in [3.05, 3.63) is 35.4 Å². The Hall–Kier alpha value is -1.35. The Morgan fingerprint density at radius 1 is 1.26 bits per heavy atom. The van der Waals surface area contributed by atoms with E-state index in [0.717, 1.165) is 18.5 Å². The minimum Gasteiger partial charge on any atom is -0.478 e. The first kappa shape index (κ1) is 12.7. The van der Waals surface area contributed by atoms with Gasteiger partial charge in [-0.05, 0) is 56.2 Å². The van der Waals surface area contributed by atoms with E-state index in [4.69, 9.17) is 5.11 Å². The lowest BCUT2D eigenvalue weighted by atomic mass is 10.1. The van der Waals surface area contributed by atoms with Crippen LogP contribution in [0.15, 0.2) is 24.3 Å². The molecule has 3 rings (SSSR count). The van der Waals surface area contributed by atoms with E-state index in [-0.39, 0.29) is 0 Å². The van der Waals surface area contributed by atoms with Crippen molar-refractivity contribution >= 4 is 5.97 Å². The molecule has 0 amide bonds. The molecule has 0 saturated heterocycles. The first-order valence-electron chi connectivity index (χ1n) is 7.23. The molecular weight excluding hydrogens is 238 g/mol. The molecule has 3 nitrogen and oxygen atoms in total. The maximum atomic E-state index is 10.8. The van der Waals surface area contributed by atoms with E-state index in [1.165, 1.54) is 31.2 Å². The Bertz CT molecular complexity index is 460. The smallest absolute Gasteiger partial charge is 0.335 e. The molecule has 2 fully saturated rings. The van der Waals surface area contributed by atoms with Crippen molar-refractivity contribution < 1.29 is 9.90 Å². The SMILES string of the molecule is CC(C1CC1)N(Cc1ccc(C(=O)O)cc1)C1CC1. The Morgan fingerprint density at radius 3 is 2.37 bits per heavy atom. The van der Waals surface area contributed by atoms with Crippen LogP contribution in [-0.4, -0.2) is 28.1 Å². The summed E-state index contributed by atoms with van der Waals surface area (Å²) < 4.78 is 0. The van der Waals surface area contributed by atoms with Crippen molar-refractivity contribution in [3.63, 3.8) is 0 Å². The van der Waals surface area contributed by atoms with Gasteiger partial charge in [0, 0.05) is 18.6 Å². The van der Waals surface area contributed by atoms with Gasteiger partial charge in [0.05, 0.1) is 5.56 Å². The first-order chi connectivity index (χ1) is 9.15. The van der Waals surface area contributed by atoms with Gasteiger partial charge in [-0.3, -0.25) is 4.90 Å². The highest BCUT2D eigenvalue weighted by Crippen LogP contribution is 2.40. The van der Waals surface area contributed by atoms with Crippen LogP contribution in [0.2, 0.25) is 0 Å². The second-order valence-electron chi connectivity index (χ2n) is 5.98. The van der Waals surface area contributed by atoms with Gasteiger partial charge in [-0.2, -0.15) is 0 Å². The van der Waals surface area contributed by atoms with E-state index in [9.17, 15) is 4.79 Å². The molecule has 1 aromatic rings. The number of nitrogens with zero attached hydrogens (tertiary/aromatic N) is 1. The largest absolute Gasteiger partial charge is 0.478 e. The Balaban J connectivity index is 1.68. The lowest BCUT2D eigenvalue weighted by molar-refractivity contribution is 0.0697. The van der Waals surface area contributed by atoms with Gasteiger partial charge in [-0.25, -0.2) is 4.79 Å². The third-order valence-corrected chi connectivity index (χ3v) is 4.41. The van der Waals surface area contributed by atoms with Crippen LogP contribution in [0.3, 0.4) is 0 Å². The molecule has 3 heteroatoms. The number of hydrogen-bond acceptors (Lipinski definition) is 2. The summed E-state index contributed by atoms with van der Waals surface area (Å²) in [7, 11) is 0. The van der Waals surface area contributed by atoms with Gasteiger partial charge in [0.1, 0.15) is 0 Å². The van der Waals surface area contributed by atoms with E-state index < -0.39 is 5.97 Å². The van der Waals surface area contributed by atoms with Crippen LogP contribution < -0.4 is 0 Å². The molecule has 1 atom stereocenters. The number of hydrogen-bond donors (Lipinski definition) is 1. The van der Waals surface area contributed by atoms with Crippen molar-refractivity contribution in [3.8, 4) is 0 Å². The summed E-state index contributed by atoms with van der Waals surface area (Å²) >= 11 is 0. The zero-order valence-corrected chi connectivity index (χ0v) is 11.4. The van der Waals surface area contributed by atoms with E-state index in [1.807, 2.05) is 12.1 Å². The average molecular weight is 259 g/mol. The van der Waals surface area contributed by atoms with Crippen LogP contribution in [0, 0.1) is 5.92 Å². The predicted molar refractivity (Wildman–Crippen MR) is 74.2 cm³/mol. The van der Waals surface area contributed by atoms with Crippen LogP contribution in [-0.2, 0) is 6.54 Å². The van der Waals surface area contributed by atoms with Crippen molar-refractivity contribution in [1.82, 2.24) is 4.90 Å². The third kappa shape index (κ3) is 2.98. The number of benzene rings is 1. The maximum absolute atomic E-state index is 10.8. The van der Waals surface area contributed by atoms with Crippen molar-refractivity contribution in [2.75, 3.05) is 0 Å². The molecule has 2 aliphatic carbocycles. The predicted octanol–water partition coefficient (Wildman–Crippen LogP) is 3.15. The molecule has 0 radical (unpaired) electrons. The summed E-state index contributed by atoms with van der Waals surface area (Å²) in [5.41, 5.74) is 1.60. The third-order valence-electron chi connectivity index (χ3n) is 4.41. The van der Waals surface area contributed by atoms with Gasteiger partial charge >= 0.3 is 5.97 Å². The number of aromatic carboxylic acids is 1. The topological polar surface area (TPSA) is 40.5 Å². The lowest BCUT2D eigenvalue weighted by Gasteiger charge is -2.29. The van der Waals surface area contributed by atoms with Gasteiger partial charge in [-0.1, -0.05) is 12.1 Å². The average Bonchev–Trinajstić information content (AvgIpc) is 3.29. The highest BCUT2D eigenvalue weighted by molar-refractivity contribution is 5.87. The minimum atomic E-state index is -0.850. The van der Waals surface area contributed by atoms with E-state index >= 15 is 0 Å². The fraction of sp³-hybridized carbons (Fsp3) is 0.562. The quantitative estimate of drug-likeness (QED) is 0.853. The second-order valence-corrected chi connectivity index (χ2v) is 5.98. The molecule has 102 valence electrons. The minimum absolute atomic E-state index is 0.372. The molecule has 0 heterocycles. The van der Waals surface area contributed by atoms with Crippen molar-refractivity contribution in [2.24, 2.45) is 5.92 Å².